The van der Waals surface area contributed by atoms with Crippen molar-refractivity contribution >= 4 is 17.8 Å². The molecule has 0 saturated heterocycles. The third-order valence-electron chi connectivity index (χ3n) is 4.12. The van der Waals surface area contributed by atoms with E-state index in [2.05, 4.69) is 15.6 Å². The van der Waals surface area contributed by atoms with Crippen LogP contribution in [0.4, 0.5) is 0 Å². The number of nitrogens with one attached hydrogen (secondary N) is 2. The van der Waals surface area contributed by atoms with Gasteiger partial charge in [-0.2, -0.15) is 0 Å². The van der Waals surface area contributed by atoms with Gasteiger partial charge >= 0.3 is 0 Å². The zero-order chi connectivity index (χ0) is 20.1. The predicted octanol–water partition coefficient (Wildman–Crippen LogP) is 1.46. The summed E-state index contributed by atoms with van der Waals surface area (Å²) in [4.78, 5) is 32.3. The van der Waals surface area contributed by atoms with E-state index in [1.807, 2.05) is 58.2 Å². The fourth-order valence-corrected chi connectivity index (χ4v) is 2.57. The van der Waals surface area contributed by atoms with Crippen LogP contribution in [0.1, 0.15) is 32.8 Å². The van der Waals surface area contributed by atoms with Crippen LogP contribution in [0.3, 0.4) is 0 Å². The highest BCUT2D eigenvalue weighted by atomic mass is 16.2. The Bertz CT molecular complexity index is 600. The van der Waals surface area contributed by atoms with Gasteiger partial charge in [0, 0.05) is 39.6 Å². The third kappa shape index (κ3) is 8.57. The highest BCUT2D eigenvalue weighted by Gasteiger charge is 2.15. The van der Waals surface area contributed by atoms with E-state index in [1.54, 1.807) is 9.80 Å². The molecule has 0 spiro atoms. The second-order valence-corrected chi connectivity index (χ2v) is 6.17. The summed E-state index contributed by atoms with van der Waals surface area (Å²) in [7, 11) is 1.83. The van der Waals surface area contributed by atoms with Crippen LogP contribution < -0.4 is 10.6 Å². The predicted molar refractivity (Wildman–Crippen MR) is 109 cm³/mol. The quantitative estimate of drug-likeness (QED) is 0.479. The molecule has 0 aromatic heterocycles. The first-order valence-corrected chi connectivity index (χ1v) is 9.59. The Morgan fingerprint density at radius 2 is 1.70 bits per heavy atom. The maximum absolute atomic E-state index is 12.3. The molecule has 0 aliphatic heterocycles. The molecule has 1 aromatic carbocycles. The lowest BCUT2D eigenvalue weighted by Crippen LogP contribution is -2.45. The van der Waals surface area contributed by atoms with Crippen molar-refractivity contribution in [2.24, 2.45) is 4.99 Å². The molecule has 150 valence electrons. The number of likely N-dealkylation sites (N-methyl/N-ethyl adjacent to an activating group) is 2. The van der Waals surface area contributed by atoms with Crippen LogP contribution >= 0.6 is 0 Å². The molecule has 27 heavy (non-hydrogen) atoms. The van der Waals surface area contributed by atoms with Gasteiger partial charge in [-0.05, 0) is 26.3 Å². The van der Waals surface area contributed by atoms with Gasteiger partial charge in [0.15, 0.2) is 5.96 Å². The normalized spacial score (nSPS) is 11.0. The fourth-order valence-electron chi connectivity index (χ4n) is 2.57. The second-order valence-electron chi connectivity index (χ2n) is 6.17. The van der Waals surface area contributed by atoms with Crippen LogP contribution in [0.5, 0.6) is 0 Å². The van der Waals surface area contributed by atoms with Crippen molar-refractivity contribution in [3.63, 3.8) is 0 Å². The monoisotopic (exact) mass is 375 g/mol. The minimum Gasteiger partial charge on any atom is -0.357 e. The first-order valence-electron chi connectivity index (χ1n) is 9.59. The van der Waals surface area contributed by atoms with E-state index >= 15 is 0 Å². The number of guanidine groups is 1. The Morgan fingerprint density at radius 1 is 1.04 bits per heavy atom. The zero-order valence-corrected chi connectivity index (χ0v) is 17.0. The van der Waals surface area contributed by atoms with E-state index in [0.717, 1.165) is 5.56 Å². The summed E-state index contributed by atoms with van der Waals surface area (Å²) >= 11 is 0. The summed E-state index contributed by atoms with van der Waals surface area (Å²) in [6.45, 7) is 9.13. The summed E-state index contributed by atoms with van der Waals surface area (Å²) < 4.78 is 0. The van der Waals surface area contributed by atoms with E-state index < -0.39 is 0 Å². The number of benzene rings is 1. The fraction of sp³-hybridized carbons (Fsp3) is 0.550. The molecule has 0 aliphatic carbocycles. The maximum atomic E-state index is 12.3. The first kappa shape index (κ1) is 22.5. The molecule has 2 N–H and O–H groups in total. The lowest BCUT2D eigenvalue weighted by Gasteiger charge is -2.25. The van der Waals surface area contributed by atoms with E-state index in [1.165, 1.54) is 0 Å². The van der Waals surface area contributed by atoms with Crippen molar-refractivity contribution in [3.05, 3.63) is 35.9 Å². The van der Waals surface area contributed by atoms with Crippen LogP contribution in [0.25, 0.3) is 0 Å². The van der Waals surface area contributed by atoms with Crippen molar-refractivity contribution in [1.29, 1.82) is 0 Å². The van der Waals surface area contributed by atoms with E-state index in [9.17, 15) is 9.59 Å². The van der Waals surface area contributed by atoms with Crippen molar-refractivity contribution in [3.8, 4) is 0 Å². The van der Waals surface area contributed by atoms with E-state index in [0.29, 0.717) is 45.1 Å². The number of hydrogen-bond donors (Lipinski definition) is 2. The molecular formula is C20H33N5O2. The number of carbonyl (C=O) groups is 2. The van der Waals surface area contributed by atoms with Gasteiger partial charge < -0.3 is 20.4 Å². The van der Waals surface area contributed by atoms with E-state index in [-0.39, 0.29) is 18.4 Å². The molecule has 0 fully saturated rings. The van der Waals surface area contributed by atoms with Gasteiger partial charge in [-0.15, -0.1) is 0 Å². The molecule has 1 aromatic rings. The molecule has 2 amide bonds. The van der Waals surface area contributed by atoms with Gasteiger partial charge in [0.05, 0.1) is 13.1 Å². The molecule has 0 atom stereocenters. The lowest BCUT2D eigenvalue weighted by molar-refractivity contribution is -0.131. The number of hydrogen-bond acceptors (Lipinski definition) is 3. The first-order chi connectivity index (χ1) is 13.0. The smallest absolute Gasteiger partial charge is 0.242 e. The Hall–Kier alpha value is -2.57. The zero-order valence-electron chi connectivity index (χ0n) is 17.0. The Labute approximate surface area is 162 Å². The lowest BCUT2D eigenvalue weighted by atomic mass is 10.2. The number of amides is 2. The average molecular weight is 376 g/mol. The number of carbonyl (C=O) groups excluding carboxylic acids is 2. The number of rotatable bonds is 10. The maximum Gasteiger partial charge on any atom is 0.242 e. The number of nitrogens with zero attached hydrogens (tertiary/aromatic N) is 3. The van der Waals surface area contributed by atoms with Crippen molar-refractivity contribution < 1.29 is 9.59 Å². The molecule has 1 rings (SSSR count). The van der Waals surface area contributed by atoms with Crippen LogP contribution in [-0.4, -0.2) is 67.3 Å². The summed E-state index contributed by atoms with van der Waals surface area (Å²) in [5.74, 6) is 0.655. The van der Waals surface area contributed by atoms with Crippen LogP contribution in [-0.2, 0) is 16.1 Å². The minimum absolute atomic E-state index is 0.0414. The molecule has 0 radical (unpaired) electrons. The van der Waals surface area contributed by atoms with Gasteiger partial charge in [0.25, 0.3) is 0 Å². The van der Waals surface area contributed by atoms with Crippen LogP contribution in [0.2, 0.25) is 0 Å². The average Bonchev–Trinajstić information content (AvgIpc) is 2.67. The Balaban J connectivity index is 2.49. The highest BCUT2D eigenvalue weighted by Crippen LogP contribution is 1.98. The third-order valence-corrected chi connectivity index (χ3v) is 4.12. The van der Waals surface area contributed by atoms with Crippen molar-refractivity contribution in [2.45, 2.75) is 33.7 Å². The largest absolute Gasteiger partial charge is 0.357 e. The van der Waals surface area contributed by atoms with Gasteiger partial charge in [0.1, 0.15) is 0 Å². The highest BCUT2D eigenvalue weighted by molar-refractivity contribution is 5.86. The molecule has 7 nitrogen and oxygen atoms in total. The summed E-state index contributed by atoms with van der Waals surface area (Å²) in [5.41, 5.74) is 1.07. The van der Waals surface area contributed by atoms with E-state index in [4.69, 9.17) is 0 Å². The SMILES string of the molecule is CCNC(=NCCC(=O)NCc1ccccc1)N(C)CC(=O)N(CC)CC. The van der Waals surface area contributed by atoms with Gasteiger partial charge in [-0.1, -0.05) is 30.3 Å². The molecular weight excluding hydrogens is 342 g/mol. The molecule has 0 unspecified atom stereocenters. The Kier molecular flexibility index (Phi) is 10.6. The second kappa shape index (κ2) is 12.7. The standard InChI is InChI=1S/C20H33N5O2/c1-5-21-20(24(4)16-19(27)25(6-2)7-3)22-14-13-18(26)23-15-17-11-9-8-10-12-17/h8-12H,5-7,13-16H2,1-4H3,(H,21,22)(H,23,26). The summed E-state index contributed by atoms with van der Waals surface area (Å²) in [5, 5.41) is 6.06. The molecule has 0 heterocycles. The molecule has 0 bridgehead atoms. The topological polar surface area (TPSA) is 77.0 Å². The number of aliphatic imine (C=N–C) groups is 1. The molecule has 0 saturated carbocycles. The Morgan fingerprint density at radius 3 is 2.30 bits per heavy atom. The minimum atomic E-state index is -0.0414. The van der Waals surface area contributed by atoms with Crippen molar-refractivity contribution in [1.82, 2.24) is 20.4 Å². The van der Waals surface area contributed by atoms with Crippen molar-refractivity contribution in [2.75, 3.05) is 39.8 Å². The van der Waals surface area contributed by atoms with Gasteiger partial charge in [-0.25, -0.2) is 0 Å². The molecule has 0 aliphatic rings. The molecule has 7 heteroatoms. The summed E-state index contributed by atoms with van der Waals surface area (Å²) in [6, 6.07) is 9.80. The van der Waals surface area contributed by atoms with Crippen LogP contribution in [0, 0.1) is 0 Å². The van der Waals surface area contributed by atoms with Gasteiger partial charge in [-0.3, -0.25) is 14.6 Å². The van der Waals surface area contributed by atoms with Gasteiger partial charge in [0.2, 0.25) is 11.8 Å². The summed E-state index contributed by atoms with van der Waals surface area (Å²) in [6.07, 6.45) is 0.305. The van der Waals surface area contributed by atoms with Crippen LogP contribution in [0.15, 0.2) is 35.3 Å².